The molecule has 0 N–H and O–H groups in total. The van der Waals surface area contributed by atoms with Gasteiger partial charge in [-0.3, -0.25) is 4.79 Å². The van der Waals surface area contributed by atoms with Crippen LogP contribution in [0.3, 0.4) is 0 Å². The van der Waals surface area contributed by atoms with Crippen LogP contribution in [0, 0.1) is 6.92 Å². The molecule has 5 heteroatoms. The van der Waals surface area contributed by atoms with Gasteiger partial charge in [-0.05, 0) is 66.8 Å². The summed E-state index contributed by atoms with van der Waals surface area (Å²) in [6.45, 7) is 4.42. The van der Waals surface area contributed by atoms with E-state index in [0.29, 0.717) is 23.8 Å². The van der Waals surface area contributed by atoms with Gasteiger partial charge in [0, 0.05) is 6.54 Å². The van der Waals surface area contributed by atoms with Crippen LogP contribution in [0.1, 0.15) is 35.2 Å². The largest absolute Gasteiger partial charge is 0.493 e. The fourth-order valence-corrected chi connectivity index (χ4v) is 4.35. The van der Waals surface area contributed by atoms with Gasteiger partial charge >= 0.3 is 0 Å². The van der Waals surface area contributed by atoms with Crippen molar-refractivity contribution in [1.82, 2.24) is 4.90 Å². The molecule has 0 spiro atoms. The quantitative estimate of drug-likeness (QED) is 0.554. The molecule has 1 aliphatic heterocycles. The third-order valence-electron chi connectivity index (χ3n) is 5.92. The normalized spacial score (nSPS) is 16.1. The highest BCUT2D eigenvalue weighted by Gasteiger charge is 2.35. The van der Waals surface area contributed by atoms with E-state index in [0.717, 1.165) is 28.7 Å². The molecule has 1 heterocycles. The van der Waals surface area contributed by atoms with E-state index in [4.69, 9.17) is 14.2 Å². The third kappa shape index (κ3) is 4.28. The fraction of sp³-hybridized carbons (Fsp3) is 0.296. The molecule has 3 aromatic carbocycles. The van der Waals surface area contributed by atoms with Gasteiger partial charge in [-0.1, -0.05) is 42.5 Å². The van der Waals surface area contributed by atoms with Gasteiger partial charge in [0.15, 0.2) is 17.6 Å². The number of carbonyl (C=O) groups is 1. The molecule has 3 aromatic rings. The zero-order valence-corrected chi connectivity index (χ0v) is 19.0. The average molecular weight is 432 g/mol. The number of nitrogens with zero attached hydrogens (tertiary/aromatic N) is 1. The molecule has 0 bridgehead atoms. The van der Waals surface area contributed by atoms with Gasteiger partial charge in [0.2, 0.25) is 0 Å². The molecule has 1 aliphatic rings. The number of hydrogen-bond acceptors (Lipinski definition) is 4. The predicted molar refractivity (Wildman–Crippen MR) is 125 cm³/mol. The van der Waals surface area contributed by atoms with E-state index in [1.807, 2.05) is 73.3 Å². The molecule has 166 valence electrons. The molecule has 0 aromatic heterocycles. The van der Waals surface area contributed by atoms with Crippen LogP contribution in [-0.4, -0.2) is 37.7 Å². The van der Waals surface area contributed by atoms with Crippen molar-refractivity contribution in [3.63, 3.8) is 0 Å². The Balaban J connectivity index is 1.71. The van der Waals surface area contributed by atoms with Crippen LogP contribution in [0.25, 0.3) is 0 Å². The molecule has 5 nitrogen and oxygen atoms in total. The maximum absolute atomic E-state index is 13.6. The summed E-state index contributed by atoms with van der Waals surface area (Å²) in [5.74, 6) is 2.02. The van der Waals surface area contributed by atoms with Crippen LogP contribution < -0.4 is 14.2 Å². The van der Waals surface area contributed by atoms with E-state index < -0.39 is 6.10 Å². The second kappa shape index (κ2) is 9.35. The topological polar surface area (TPSA) is 48.0 Å². The van der Waals surface area contributed by atoms with E-state index in [2.05, 4.69) is 12.1 Å². The highest BCUT2D eigenvalue weighted by atomic mass is 16.5. The standard InChI is InChI=1S/C27H29NO4/c1-18-9-8-12-22(15-18)32-19(2)27(29)28-14-13-21-16-24(30-3)25(31-4)17-23(21)26(28)20-10-6-5-7-11-20/h5-12,15-17,19,26H,13-14H2,1-4H3. The number of fused-ring (bicyclic) bond motifs is 1. The lowest BCUT2D eigenvalue weighted by atomic mass is 9.87. The molecule has 1 amide bonds. The highest BCUT2D eigenvalue weighted by Crippen LogP contribution is 2.41. The fourth-order valence-electron chi connectivity index (χ4n) is 4.35. The molecule has 32 heavy (non-hydrogen) atoms. The van der Waals surface area contributed by atoms with Crippen molar-refractivity contribution in [1.29, 1.82) is 0 Å². The van der Waals surface area contributed by atoms with Crippen LogP contribution in [0.4, 0.5) is 0 Å². The summed E-state index contributed by atoms with van der Waals surface area (Å²) in [6, 6.07) is 21.7. The summed E-state index contributed by atoms with van der Waals surface area (Å²) in [7, 11) is 3.27. The molecule has 2 unspecified atom stereocenters. The predicted octanol–water partition coefficient (Wildman–Crippen LogP) is 4.95. The van der Waals surface area contributed by atoms with Crippen molar-refractivity contribution < 1.29 is 19.0 Å². The van der Waals surface area contributed by atoms with Gasteiger partial charge < -0.3 is 19.1 Å². The molecule has 0 aliphatic carbocycles. The molecule has 0 saturated heterocycles. The van der Waals surface area contributed by atoms with Gasteiger partial charge in [-0.2, -0.15) is 0 Å². The number of benzene rings is 3. The SMILES string of the molecule is COc1cc2c(cc1OC)C(c1ccccc1)N(C(=O)C(C)Oc1cccc(C)c1)CC2. The first-order valence-electron chi connectivity index (χ1n) is 10.9. The molecule has 0 radical (unpaired) electrons. The second-order valence-corrected chi connectivity index (χ2v) is 8.08. The molecular weight excluding hydrogens is 402 g/mol. The van der Waals surface area contributed by atoms with Crippen molar-refractivity contribution in [2.24, 2.45) is 0 Å². The number of aryl methyl sites for hydroxylation is 1. The number of ether oxygens (including phenoxy) is 3. The zero-order chi connectivity index (χ0) is 22.7. The summed E-state index contributed by atoms with van der Waals surface area (Å²) in [4.78, 5) is 15.5. The van der Waals surface area contributed by atoms with Gasteiger partial charge in [0.1, 0.15) is 5.75 Å². The molecule has 4 rings (SSSR count). The van der Waals surface area contributed by atoms with Crippen LogP contribution >= 0.6 is 0 Å². The van der Waals surface area contributed by atoms with E-state index in [1.54, 1.807) is 14.2 Å². The number of hydrogen-bond donors (Lipinski definition) is 0. The van der Waals surface area contributed by atoms with Gasteiger partial charge in [0.25, 0.3) is 5.91 Å². The lowest BCUT2D eigenvalue weighted by Gasteiger charge is -2.39. The van der Waals surface area contributed by atoms with Crippen molar-refractivity contribution in [3.8, 4) is 17.2 Å². The van der Waals surface area contributed by atoms with E-state index in [1.165, 1.54) is 0 Å². The molecular formula is C27H29NO4. The number of carbonyl (C=O) groups excluding carboxylic acids is 1. The van der Waals surface area contributed by atoms with Gasteiger partial charge in [-0.25, -0.2) is 0 Å². The lowest BCUT2D eigenvalue weighted by molar-refractivity contribution is -0.140. The minimum Gasteiger partial charge on any atom is -0.493 e. The highest BCUT2D eigenvalue weighted by molar-refractivity contribution is 5.82. The van der Waals surface area contributed by atoms with E-state index in [-0.39, 0.29) is 11.9 Å². The van der Waals surface area contributed by atoms with E-state index in [9.17, 15) is 4.79 Å². The second-order valence-electron chi connectivity index (χ2n) is 8.08. The monoisotopic (exact) mass is 431 g/mol. The van der Waals surface area contributed by atoms with Crippen LogP contribution in [0.15, 0.2) is 66.7 Å². The van der Waals surface area contributed by atoms with Crippen LogP contribution in [-0.2, 0) is 11.2 Å². The minimum absolute atomic E-state index is 0.0409. The van der Waals surface area contributed by atoms with Gasteiger partial charge in [-0.15, -0.1) is 0 Å². The third-order valence-corrected chi connectivity index (χ3v) is 5.92. The first kappa shape index (κ1) is 21.8. The molecule has 0 fully saturated rings. The Kier molecular flexibility index (Phi) is 6.35. The lowest BCUT2D eigenvalue weighted by Crippen LogP contribution is -2.46. The molecule has 2 atom stereocenters. The van der Waals surface area contributed by atoms with Crippen LogP contribution in [0.5, 0.6) is 17.2 Å². The number of amides is 1. The van der Waals surface area contributed by atoms with Crippen molar-refractivity contribution in [2.75, 3.05) is 20.8 Å². The van der Waals surface area contributed by atoms with Crippen molar-refractivity contribution in [3.05, 3.63) is 89.0 Å². The molecule has 0 saturated carbocycles. The Morgan fingerprint density at radius 2 is 1.69 bits per heavy atom. The average Bonchev–Trinajstić information content (AvgIpc) is 2.82. The Morgan fingerprint density at radius 1 is 0.969 bits per heavy atom. The Hall–Kier alpha value is -3.47. The maximum atomic E-state index is 13.6. The number of rotatable bonds is 6. The maximum Gasteiger partial charge on any atom is 0.264 e. The first-order chi connectivity index (χ1) is 15.5. The van der Waals surface area contributed by atoms with Crippen LogP contribution in [0.2, 0.25) is 0 Å². The van der Waals surface area contributed by atoms with Crippen molar-refractivity contribution in [2.45, 2.75) is 32.4 Å². The summed E-state index contributed by atoms with van der Waals surface area (Å²) in [5.41, 5.74) is 4.36. The van der Waals surface area contributed by atoms with E-state index >= 15 is 0 Å². The zero-order valence-electron chi connectivity index (χ0n) is 19.0. The summed E-state index contributed by atoms with van der Waals surface area (Å²) in [6.07, 6.45) is 0.131. The summed E-state index contributed by atoms with van der Waals surface area (Å²) in [5, 5.41) is 0. The Morgan fingerprint density at radius 3 is 2.38 bits per heavy atom. The summed E-state index contributed by atoms with van der Waals surface area (Å²) >= 11 is 0. The minimum atomic E-state index is -0.607. The number of methoxy groups -OCH3 is 2. The Labute approximate surface area is 189 Å². The van der Waals surface area contributed by atoms with Gasteiger partial charge in [0.05, 0.1) is 20.3 Å². The summed E-state index contributed by atoms with van der Waals surface area (Å²) < 4.78 is 17.1. The Bertz CT molecular complexity index is 1100. The smallest absolute Gasteiger partial charge is 0.264 e. The van der Waals surface area contributed by atoms with Crippen molar-refractivity contribution >= 4 is 5.91 Å². The first-order valence-corrected chi connectivity index (χ1v) is 10.9.